The highest BCUT2D eigenvalue weighted by Crippen LogP contribution is 2.26. The molecular formula is C16H18FNO5. The van der Waals surface area contributed by atoms with Crippen LogP contribution in [0.2, 0.25) is 0 Å². The predicted octanol–water partition coefficient (Wildman–Crippen LogP) is 2.00. The van der Waals surface area contributed by atoms with Crippen molar-refractivity contribution in [2.75, 3.05) is 31.5 Å². The van der Waals surface area contributed by atoms with Crippen LogP contribution < -0.4 is 4.90 Å². The van der Waals surface area contributed by atoms with Crippen molar-refractivity contribution in [1.82, 2.24) is 0 Å². The third-order valence-electron chi connectivity index (χ3n) is 3.15. The van der Waals surface area contributed by atoms with Gasteiger partial charge in [0.1, 0.15) is 18.2 Å². The van der Waals surface area contributed by atoms with Crippen LogP contribution in [0.1, 0.15) is 13.8 Å². The Kier molecular flexibility index (Phi) is 5.70. The van der Waals surface area contributed by atoms with E-state index in [-0.39, 0.29) is 37.8 Å². The number of benzene rings is 1. The first-order valence-corrected chi connectivity index (χ1v) is 7.26. The smallest absolute Gasteiger partial charge is 0.355 e. The maximum atomic E-state index is 13.1. The fourth-order valence-corrected chi connectivity index (χ4v) is 2.17. The molecule has 0 radical (unpaired) electrons. The molecule has 1 aliphatic heterocycles. The fourth-order valence-electron chi connectivity index (χ4n) is 2.17. The molecule has 0 bridgehead atoms. The number of hydrogen-bond donors (Lipinski definition) is 0. The molecule has 1 aromatic rings. The second-order valence-electron chi connectivity index (χ2n) is 4.65. The van der Waals surface area contributed by atoms with Gasteiger partial charge >= 0.3 is 11.9 Å². The largest absolute Gasteiger partial charge is 0.463 e. The summed E-state index contributed by atoms with van der Waals surface area (Å²) >= 11 is 0. The molecule has 2 rings (SSSR count). The summed E-state index contributed by atoms with van der Waals surface area (Å²) < 4.78 is 28.5. The van der Waals surface area contributed by atoms with Gasteiger partial charge in [-0.2, -0.15) is 0 Å². The Bertz CT molecular complexity index is 611. The average Bonchev–Trinajstić information content (AvgIpc) is 2.55. The van der Waals surface area contributed by atoms with E-state index in [2.05, 4.69) is 0 Å². The minimum absolute atomic E-state index is 0.0443. The van der Waals surface area contributed by atoms with Gasteiger partial charge in [-0.1, -0.05) is 0 Å². The van der Waals surface area contributed by atoms with E-state index in [1.807, 2.05) is 0 Å². The van der Waals surface area contributed by atoms with E-state index < -0.39 is 17.8 Å². The van der Waals surface area contributed by atoms with Crippen LogP contribution in [0.25, 0.3) is 0 Å². The lowest BCUT2D eigenvalue weighted by atomic mass is 10.1. The molecule has 0 unspecified atom stereocenters. The average molecular weight is 323 g/mol. The Morgan fingerprint density at radius 3 is 2.35 bits per heavy atom. The van der Waals surface area contributed by atoms with E-state index in [0.717, 1.165) is 0 Å². The molecule has 1 heterocycles. The lowest BCUT2D eigenvalue weighted by Crippen LogP contribution is -2.39. The van der Waals surface area contributed by atoms with Crippen LogP contribution >= 0.6 is 0 Å². The maximum absolute atomic E-state index is 13.1. The molecule has 0 aliphatic carbocycles. The summed E-state index contributed by atoms with van der Waals surface area (Å²) in [6.45, 7) is 3.67. The standard InChI is InChI=1S/C16H18FNO5/c1-3-22-15(19)13-9-21-10-18(14(13)16(20)23-4-2)12-7-5-11(17)6-8-12/h5-8H,3-4,9-10H2,1-2H3. The molecule has 0 aromatic heterocycles. The van der Waals surface area contributed by atoms with Gasteiger partial charge in [-0.05, 0) is 38.1 Å². The van der Waals surface area contributed by atoms with Crippen molar-refractivity contribution >= 4 is 17.6 Å². The molecule has 0 saturated carbocycles. The summed E-state index contributed by atoms with van der Waals surface area (Å²) in [5.41, 5.74) is 0.653. The molecule has 0 atom stereocenters. The van der Waals surface area contributed by atoms with E-state index in [1.165, 1.54) is 29.2 Å². The van der Waals surface area contributed by atoms with Crippen LogP contribution in [0, 0.1) is 5.82 Å². The second kappa shape index (κ2) is 7.73. The summed E-state index contributed by atoms with van der Waals surface area (Å²) in [6, 6.07) is 5.51. The van der Waals surface area contributed by atoms with Gasteiger partial charge in [0.05, 0.1) is 25.4 Å². The van der Waals surface area contributed by atoms with Gasteiger partial charge in [-0.3, -0.25) is 0 Å². The van der Waals surface area contributed by atoms with Crippen LogP contribution in [0.15, 0.2) is 35.5 Å². The van der Waals surface area contributed by atoms with E-state index in [9.17, 15) is 14.0 Å². The third kappa shape index (κ3) is 3.87. The molecule has 0 fully saturated rings. The van der Waals surface area contributed by atoms with Crippen LogP contribution in [0.5, 0.6) is 0 Å². The Hall–Kier alpha value is -2.41. The molecule has 1 aromatic carbocycles. The van der Waals surface area contributed by atoms with E-state index in [4.69, 9.17) is 14.2 Å². The van der Waals surface area contributed by atoms with Gasteiger partial charge in [-0.25, -0.2) is 14.0 Å². The highest BCUT2D eigenvalue weighted by atomic mass is 19.1. The molecule has 0 amide bonds. The van der Waals surface area contributed by atoms with Crippen LogP contribution in [-0.4, -0.2) is 38.5 Å². The van der Waals surface area contributed by atoms with Crippen LogP contribution in [0.4, 0.5) is 10.1 Å². The lowest BCUT2D eigenvalue weighted by Gasteiger charge is -2.31. The normalized spacial score (nSPS) is 14.7. The van der Waals surface area contributed by atoms with E-state index in [1.54, 1.807) is 13.8 Å². The zero-order chi connectivity index (χ0) is 16.8. The molecule has 0 saturated heterocycles. The summed E-state index contributed by atoms with van der Waals surface area (Å²) in [5.74, 6) is -1.69. The summed E-state index contributed by atoms with van der Waals surface area (Å²) in [6.07, 6.45) is 0. The first kappa shape index (κ1) is 17.0. The number of rotatable bonds is 5. The number of carbonyl (C=O) groups is 2. The third-order valence-corrected chi connectivity index (χ3v) is 3.15. The Morgan fingerprint density at radius 1 is 1.13 bits per heavy atom. The van der Waals surface area contributed by atoms with Gasteiger partial charge in [0, 0.05) is 5.69 Å². The highest BCUT2D eigenvalue weighted by Gasteiger charge is 2.32. The number of nitrogens with zero attached hydrogens (tertiary/aromatic N) is 1. The molecule has 0 N–H and O–H groups in total. The monoisotopic (exact) mass is 323 g/mol. The molecule has 23 heavy (non-hydrogen) atoms. The van der Waals surface area contributed by atoms with E-state index >= 15 is 0 Å². The zero-order valence-corrected chi connectivity index (χ0v) is 13.0. The van der Waals surface area contributed by atoms with Gasteiger partial charge in [0.2, 0.25) is 0 Å². The number of anilines is 1. The van der Waals surface area contributed by atoms with Crippen LogP contribution in [0.3, 0.4) is 0 Å². The minimum atomic E-state index is -0.650. The van der Waals surface area contributed by atoms with E-state index in [0.29, 0.717) is 5.69 Å². The van der Waals surface area contributed by atoms with Crippen molar-refractivity contribution in [2.24, 2.45) is 0 Å². The van der Waals surface area contributed by atoms with Gasteiger partial charge in [0.25, 0.3) is 0 Å². The number of ether oxygens (including phenoxy) is 3. The molecule has 124 valence electrons. The first-order chi connectivity index (χ1) is 11.1. The summed E-state index contributed by atoms with van der Waals surface area (Å²) in [7, 11) is 0. The van der Waals surface area contributed by atoms with Crippen molar-refractivity contribution in [3.8, 4) is 0 Å². The zero-order valence-electron chi connectivity index (χ0n) is 13.0. The van der Waals surface area contributed by atoms with Crippen molar-refractivity contribution in [1.29, 1.82) is 0 Å². The van der Waals surface area contributed by atoms with Crippen molar-refractivity contribution in [3.63, 3.8) is 0 Å². The lowest BCUT2D eigenvalue weighted by molar-refractivity contribution is -0.143. The van der Waals surface area contributed by atoms with Crippen molar-refractivity contribution in [2.45, 2.75) is 13.8 Å². The molecule has 0 spiro atoms. The fraction of sp³-hybridized carbons (Fsp3) is 0.375. The number of esters is 2. The van der Waals surface area contributed by atoms with Gasteiger partial charge < -0.3 is 19.1 Å². The summed E-state index contributed by atoms with van der Waals surface area (Å²) in [5, 5.41) is 0. The van der Waals surface area contributed by atoms with Crippen molar-refractivity contribution in [3.05, 3.63) is 41.4 Å². The maximum Gasteiger partial charge on any atom is 0.355 e. The number of carbonyl (C=O) groups excluding carboxylic acids is 2. The highest BCUT2D eigenvalue weighted by molar-refractivity contribution is 6.03. The number of hydrogen-bond acceptors (Lipinski definition) is 6. The van der Waals surface area contributed by atoms with Gasteiger partial charge in [-0.15, -0.1) is 0 Å². The quantitative estimate of drug-likeness (QED) is 0.772. The van der Waals surface area contributed by atoms with Crippen molar-refractivity contribution < 1.29 is 28.2 Å². The SMILES string of the molecule is CCOC(=O)C1=C(C(=O)OCC)N(c2ccc(F)cc2)COC1. The molecule has 6 nitrogen and oxygen atoms in total. The first-order valence-electron chi connectivity index (χ1n) is 7.26. The summed E-state index contributed by atoms with van der Waals surface area (Å²) in [4.78, 5) is 25.9. The molecular weight excluding hydrogens is 305 g/mol. The Labute approximate surface area is 133 Å². The predicted molar refractivity (Wildman–Crippen MR) is 80.0 cm³/mol. The molecule has 7 heteroatoms. The Morgan fingerprint density at radius 2 is 1.74 bits per heavy atom. The molecule has 1 aliphatic rings. The second-order valence-corrected chi connectivity index (χ2v) is 4.65. The van der Waals surface area contributed by atoms with Gasteiger partial charge in [0.15, 0.2) is 0 Å². The Balaban J connectivity index is 2.46. The minimum Gasteiger partial charge on any atom is -0.463 e. The number of halogens is 1. The van der Waals surface area contributed by atoms with Crippen LogP contribution in [-0.2, 0) is 23.8 Å². The topological polar surface area (TPSA) is 65.1 Å².